The van der Waals surface area contributed by atoms with Gasteiger partial charge in [-0.3, -0.25) is 9.59 Å². The zero-order chi connectivity index (χ0) is 44.3. The highest BCUT2D eigenvalue weighted by molar-refractivity contribution is 7.28. The van der Waals surface area contributed by atoms with Crippen LogP contribution in [0.4, 0.5) is 0 Å². The summed E-state index contributed by atoms with van der Waals surface area (Å²) >= 11 is 7.40. The molecule has 4 nitrogen and oxygen atoms in total. The van der Waals surface area contributed by atoms with E-state index < -0.39 is 0 Å². The van der Waals surface area contributed by atoms with Crippen LogP contribution in [0.25, 0.3) is 40.7 Å². The number of thiophene rings is 4. The minimum Gasteiger partial charge on any atom is -0.311 e. The third-order valence-corrected chi connectivity index (χ3v) is 18.9. The van der Waals surface area contributed by atoms with Crippen LogP contribution in [0.15, 0.2) is 73.3 Å². The first kappa shape index (κ1) is 46.4. The lowest BCUT2D eigenvalue weighted by Gasteiger charge is -2.36. The van der Waals surface area contributed by atoms with Gasteiger partial charge in [0, 0.05) is 85.3 Å². The Morgan fingerprint density at radius 1 is 0.597 bits per heavy atom. The van der Waals surface area contributed by atoms with Gasteiger partial charge in [0.2, 0.25) is 0 Å². The zero-order valence-corrected chi connectivity index (χ0v) is 42.0. The Labute approximate surface area is 388 Å². The highest BCUT2D eigenvalue weighted by Crippen LogP contribution is 2.47. The fourth-order valence-corrected chi connectivity index (χ4v) is 13.8. The third-order valence-electron chi connectivity index (χ3n) is 13.6. The van der Waals surface area contributed by atoms with E-state index in [1.165, 1.54) is 53.4 Å². The molecule has 1 aromatic carbocycles. The van der Waals surface area contributed by atoms with E-state index >= 15 is 0 Å². The number of fused-ring (bicyclic) bond motifs is 2. The van der Waals surface area contributed by atoms with Gasteiger partial charge in [-0.25, -0.2) is 0 Å². The van der Waals surface area contributed by atoms with Gasteiger partial charge in [0.15, 0.2) is 0 Å². The number of nitrogens with zero attached hydrogens (tertiary/aromatic N) is 2. The van der Waals surface area contributed by atoms with Crippen LogP contribution in [0.5, 0.6) is 0 Å². The highest BCUT2D eigenvalue weighted by Gasteiger charge is 2.41. The second-order valence-corrected chi connectivity index (χ2v) is 23.4. The lowest BCUT2D eigenvalue weighted by atomic mass is 9.77. The molecule has 7 rings (SSSR count). The first-order valence-electron chi connectivity index (χ1n) is 23.3. The Kier molecular flexibility index (Phi) is 14.7. The van der Waals surface area contributed by atoms with Gasteiger partial charge in [0.05, 0.1) is 10.6 Å². The summed E-state index contributed by atoms with van der Waals surface area (Å²) in [6.07, 6.45) is 13.9. The molecule has 0 saturated heterocycles. The number of carbonyl (C=O) groups excluding carboxylic acids is 2. The molecule has 2 amide bonds. The van der Waals surface area contributed by atoms with Crippen LogP contribution in [0.2, 0.25) is 0 Å². The summed E-state index contributed by atoms with van der Waals surface area (Å²) in [6, 6.07) is 22.3. The van der Waals surface area contributed by atoms with Crippen molar-refractivity contribution in [1.82, 2.24) is 9.80 Å². The third kappa shape index (κ3) is 9.32. The van der Waals surface area contributed by atoms with Crippen LogP contribution in [0.3, 0.4) is 0 Å². The molecule has 0 aliphatic carbocycles. The molecule has 4 aromatic heterocycles. The Balaban J connectivity index is 1.25. The van der Waals surface area contributed by atoms with Gasteiger partial charge in [-0.1, -0.05) is 94.1 Å². The molecular weight excluding hydrogens is 837 g/mol. The highest BCUT2D eigenvalue weighted by atomic mass is 32.1. The predicted octanol–water partition coefficient (Wildman–Crippen LogP) is 15.2. The molecule has 0 radical (unpaired) electrons. The maximum Gasteiger partial charge on any atom is 0.259 e. The number of allylic oxidation sites excluding steroid dienone is 1. The average molecular weight is 905 g/mol. The normalized spacial score (nSPS) is 15.9. The summed E-state index contributed by atoms with van der Waals surface area (Å²) in [5.41, 5.74) is 3.60. The van der Waals surface area contributed by atoms with Crippen LogP contribution >= 0.6 is 45.3 Å². The molecule has 2 aliphatic heterocycles. The van der Waals surface area contributed by atoms with Gasteiger partial charge in [0.1, 0.15) is 0 Å². The molecule has 330 valence electrons. The molecule has 0 fully saturated rings. The number of carbonyl (C=O) groups is 2. The average Bonchev–Trinajstić information content (AvgIpc) is 4.12. The molecule has 2 unspecified atom stereocenters. The van der Waals surface area contributed by atoms with E-state index in [9.17, 15) is 9.59 Å². The Morgan fingerprint density at radius 2 is 1.08 bits per heavy atom. The predicted molar refractivity (Wildman–Crippen MR) is 271 cm³/mol. The maximum absolute atomic E-state index is 14.7. The Hall–Kier alpha value is -3.56. The Bertz CT molecular complexity index is 2530. The van der Waals surface area contributed by atoms with Crippen molar-refractivity contribution >= 4 is 68.6 Å². The molecule has 6 heterocycles. The first-order chi connectivity index (χ1) is 29.7. The van der Waals surface area contributed by atoms with Gasteiger partial charge < -0.3 is 9.80 Å². The van der Waals surface area contributed by atoms with Crippen LogP contribution in [0, 0.1) is 17.3 Å². The second kappa shape index (κ2) is 19.7. The molecule has 2 aliphatic rings. The minimum atomic E-state index is -0.159. The first-order valence-corrected chi connectivity index (χ1v) is 26.6. The molecule has 5 aromatic rings. The summed E-state index contributed by atoms with van der Waals surface area (Å²) in [6.45, 7) is 25.8. The number of amides is 2. The summed E-state index contributed by atoms with van der Waals surface area (Å²) in [5.74, 6) is 1.09. The van der Waals surface area contributed by atoms with E-state index in [1.54, 1.807) is 11.3 Å². The maximum atomic E-state index is 14.7. The van der Waals surface area contributed by atoms with Crippen molar-refractivity contribution in [3.8, 4) is 29.3 Å². The van der Waals surface area contributed by atoms with E-state index in [4.69, 9.17) is 0 Å². The summed E-state index contributed by atoms with van der Waals surface area (Å²) in [5, 5.41) is 1.88. The minimum absolute atomic E-state index is 0.0582. The van der Waals surface area contributed by atoms with Crippen molar-refractivity contribution in [2.24, 2.45) is 17.3 Å². The van der Waals surface area contributed by atoms with E-state index in [1.807, 2.05) is 45.0 Å². The number of hydrogen-bond acceptors (Lipinski definition) is 6. The fourth-order valence-electron chi connectivity index (χ4n) is 9.15. The van der Waals surface area contributed by atoms with Crippen molar-refractivity contribution in [2.45, 2.75) is 138 Å². The second-order valence-electron chi connectivity index (χ2n) is 19.0. The van der Waals surface area contributed by atoms with Crippen molar-refractivity contribution in [3.05, 3.63) is 105 Å². The van der Waals surface area contributed by atoms with Crippen LogP contribution < -0.4 is 10.4 Å². The van der Waals surface area contributed by atoms with Crippen LogP contribution in [-0.2, 0) is 5.41 Å². The van der Waals surface area contributed by atoms with E-state index in [-0.39, 0.29) is 22.6 Å². The van der Waals surface area contributed by atoms with E-state index in [0.29, 0.717) is 24.9 Å². The Morgan fingerprint density at radius 3 is 1.63 bits per heavy atom. The quantitative estimate of drug-likeness (QED) is 0.0513. The molecule has 0 saturated carbocycles. The SMILES string of the molecule is C=CCCC(C)(CC)c1ccc(-c2ccc(-c3ccc(-c4ccc(C5=c6cc7c(cc6C(=O)N5CCC(C)C)=C(C(C)(CC)CCCCCC)N(CCC(C)C)C7=O)s4)s3)s2)s1. The van der Waals surface area contributed by atoms with Gasteiger partial charge in [-0.2, -0.15) is 0 Å². The van der Waals surface area contributed by atoms with Gasteiger partial charge in [0.25, 0.3) is 11.8 Å². The lowest BCUT2D eigenvalue weighted by molar-refractivity contribution is 0.0816. The molecule has 0 N–H and O–H groups in total. The van der Waals surface area contributed by atoms with Gasteiger partial charge >= 0.3 is 0 Å². The standard InChI is InChI=1S/C54H68N2O2S4/c1-11-15-17-18-30-54(10,14-4)50-38-34-39-37(33-40(38)52(58)56(50)32-28-36(7)8)49(55(51(39)57)31-27-35(5)6)47-24-23-44(61-47)43-20-19-41(59-43)42-21-22-45(60-42)46-25-26-48(62-46)53(9,13-3)29-16-12-2/h12,19-26,33-36H,2,11,13-18,27-32H2,1,3-10H3. The summed E-state index contributed by atoms with van der Waals surface area (Å²) in [7, 11) is 0. The molecule has 2 atom stereocenters. The monoisotopic (exact) mass is 904 g/mol. The topological polar surface area (TPSA) is 40.6 Å². The van der Waals surface area contributed by atoms with E-state index in [2.05, 4.69) is 134 Å². The fraction of sp³-hybridized carbons (Fsp3) is 0.481. The van der Waals surface area contributed by atoms with E-state index in [0.717, 1.165) is 89.2 Å². The lowest BCUT2D eigenvalue weighted by Crippen LogP contribution is -2.35. The number of benzene rings is 1. The molecule has 8 heteroatoms. The van der Waals surface area contributed by atoms with Crippen molar-refractivity contribution < 1.29 is 9.59 Å². The van der Waals surface area contributed by atoms with Crippen molar-refractivity contribution in [1.29, 1.82) is 0 Å². The zero-order valence-electron chi connectivity index (χ0n) is 38.7. The molecule has 62 heavy (non-hydrogen) atoms. The summed E-state index contributed by atoms with van der Waals surface area (Å²) in [4.78, 5) is 43.6. The molecule has 0 bridgehead atoms. The van der Waals surface area contributed by atoms with Crippen LogP contribution in [-0.4, -0.2) is 34.7 Å². The molecular formula is C54H68N2O2S4. The number of hydrogen-bond donors (Lipinski definition) is 0. The van der Waals surface area contributed by atoms with Crippen LogP contribution in [0.1, 0.15) is 163 Å². The molecule has 0 spiro atoms. The number of rotatable bonds is 22. The number of unbranched alkanes of at least 4 members (excludes halogenated alkanes) is 3. The van der Waals surface area contributed by atoms with Gasteiger partial charge in [-0.15, -0.1) is 51.9 Å². The smallest absolute Gasteiger partial charge is 0.259 e. The van der Waals surface area contributed by atoms with Crippen molar-refractivity contribution in [3.63, 3.8) is 0 Å². The van der Waals surface area contributed by atoms with Gasteiger partial charge in [-0.05, 0) is 117 Å². The van der Waals surface area contributed by atoms with Crippen molar-refractivity contribution in [2.75, 3.05) is 13.1 Å². The largest absolute Gasteiger partial charge is 0.311 e. The summed E-state index contributed by atoms with van der Waals surface area (Å²) < 4.78 is 0.